The number of hydrogen-bond donors (Lipinski definition) is 0. The zero-order valence-electron chi connectivity index (χ0n) is 19.2. The molecule has 0 unspecified atom stereocenters. The summed E-state index contributed by atoms with van der Waals surface area (Å²) in [6, 6.07) is 11.4. The van der Waals surface area contributed by atoms with Gasteiger partial charge in [-0.2, -0.15) is 0 Å². The molecule has 0 radical (unpaired) electrons. The first-order valence-corrected chi connectivity index (χ1v) is 12.0. The van der Waals surface area contributed by atoms with Crippen LogP contribution in [0.2, 0.25) is 5.02 Å². The lowest BCUT2D eigenvalue weighted by molar-refractivity contribution is -0.122. The van der Waals surface area contributed by atoms with Gasteiger partial charge in [0.1, 0.15) is 29.5 Å². The Morgan fingerprint density at radius 1 is 1.03 bits per heavy atom. The van der Waals surface area contributed by atoms with Gasteiger partial charge in [0.15, 0.2) is 17.3 Å². The number of ketones is 2. The summed E-state index contributed by atoms with van der Waals surface area (Å²) < 4.78 is 29.8. The quantitative estimate of drug-likeness (QED) is 0.287. The van der Waals surface area contributed by atoms with Gasteiger partial charge in [0.05, 0.1) is 12.1 Å². The van der Waals surface area contributed by atoms with Crippen LogP contribution in [0.1, 0.15) is 55.5 Å². The molecule has 3 aromatic rings. The molecule has 5 nitrogen and oxygen atoms in total. The van der Waals surface area contributed by atoms with Gasteiger partial charge in [-0.15, -0.1) is 0 Å². The van der Waals surface area contributed by atoms with Crippen LogP contribution in [0.5, 0.6) is 11.5 Å². The number of halogens is 2. The van der Waals surface area contributed by atoms with Crippen LogP contribution in [0.25, 0.3) is 11.0 Å². The van der Waals surface area contributed by atoms with Gasteiger partial charge in [-0.1, -0.05) is 24.4 Å². The average Bonchev–Trinajstić information content (AvgIpc) is 3.27. The molecule has 180 valence electrons. The Morgan fingerprint density at radius 2 is 1.76 bits per heavy atom. The average molecular weight is 487 g/mol. The van der Waals surface area contributed by atoms with Gasteiger partial charge in [0.2, 0.25) is 0 Å². The second kappa shape index (κ2) is 11.0. The first kappa shape index (κ1) is 24.3. The fourth-order valence-corrected chi connectivity index (χ4v) is 4.70. The highest BCUT2D eigenvalue weighted by Gasteiger charge is 2.24. The zero-order chi connectivity index (χ0) is 24.1. The SMILES string of the molecule is COc1ccc2oc(C(=O)CCC3CCC(CC(=O)COc4ccc(Cl)c(F)c4)CC3)cc2c1. The van der Waals surface area contributed by atoms with Crippen LogP contribution in [0.3, 0.4) is 0 Å². The van der Waals surface area contributed by atoms with Gasteiger partial charge in [-0.05, 0) is 67.5 Å². The maximum atomic E-state index is 13.5. The number of hydrogen-bond acceptors (Lipinski definition) is 5. The van der Waals surface area contributed by atoms with Crippen LogP contribution in [-0.2, 0) is 4.79 Å². The van der Waals surface area contributed by atoms with Gasteiger partial charge in [-0.3, -0.25) is 9.59 Å². The molecule has 2 aromatic carbocycles. The second-order valence-electron chi connectivity index (χ2n) is 8.97. The molecule has 34 heavy (non-hydrogen) atoms. The number of rotatable bonds is 10. The number of fused-ring (bicyclic) bond motifs is 1. The van der Waals surface area contributed by atoms with Gasteiger partial charge < -0.3 is 13.9 Å². The molecule has 0 N–H and O–H groups in total. The van der Waals surface area contributed by atoms with Crippen LogP contribution >= 0.6 is 11.6 Å². The Balaban J connectivity index is 1.17. The fraction of sp³-hybridized carbons (Fsp3) is 0.407. The smallest absolute Gasteiger partial charge is 0.198 e. The number of benzene rings is 2. The van der Waals surface area contributed by atoms with E-state index in [1.165, 1.54) is 12.1 Å². The first-order valence-electron chi connectivity index (χ1n) is 11.6. The van der Waals surface area contributed by atoms with Gasteiger partial charge >= 0.3 is 0 Å². The minimum atomic E-state index is -0.566. The summed E-state index contributed by atoms with van der Waals surface area (Å²) in [6.45, 7) is -0.0706. The molecule has 0 bridgehead atoms. The van der Waals surface area contributed by atoms with Gasteiger partial charge in [0, 0.05) is 24.3 Å². The Morgan fingerprint density at radius 3 is 2.50 bits per heavy atom. The maximum Gasteiger partial charge on any atom is 0.198 e. The molecule has 0 aliphatic heterocycles. The minimum Gasteiger partial charge on any atom is -0.497 e. The Kier molecular flexibility index (Phi) is 7.88. The van der Waals surface area contributed by atoms with E-state index in [1.54, 1.807) is 19.2 Å². The molecule has 7 heteroatoms. The molecular formula is C27H28ClFO5. The third-order valence-corrected chi connectivity index (χ3v) is 6.86. The number of carbonyl (C=O) groups excluding carboxylic acids is 2. The highest BCUT2D eigenvalue weighted by Crippen LogP contribution is 2.34. The Hall–Kier alpha value is -2.86. The van der Waals surface area contributed by atoms with Gasteiger partial charge in [-0.25, -0.2) is 4.39 Å². The fourth-order valence-electron chi connectivity index (χ4n) is 4.58. The topological polar surface area (TPSA) is 65.7 Å². The summed E-state index contributed by atoms with van der Waals surface area (Å²) in [6.07, 6.45) is 5.68. The van der Waals surface area contributed by atoms with E-state index in [4.69, 9.17) is 25.5 Å². The van der Waals surface area contributed by atoms with Crippen molar-refractivity contribution in [1.29, 1.82) is 0 Å². The Labute approximate surface area is 203 Å². The maximum absolute atomic E-state index is 13.5. The van der Waals surface area contributed by atoms with Crippen molar-refractivity contribution in [3.63, 3.8) is 0 Å². The molecule has 1 heterocycles. The standard InChI is InChI=1S/C27H28ClFO5/c1-32-21-8-11-26-19(13-21)14-27(34-26)25(31)10-6-17-2-4-18(5-3-17)12-20(30)16-33-22-7-9-23(28)24(29)15-22/h7-9,11,13-15,17-18H,2-6,10,12,16H2,1H3. The van der Waals surface area contributed by atoms with Crippen LogP contribution in [0.4, 0.5) is 4.39 Å². The molecule has 0 saturated heterocycles. The largest absolute Gasteiger partial charge is 0.497 e. The van der Waals surface area contributed by atoms with E-state index in [9.17, 15) is 14.0 Å². The molecule has 0 amide bonds. The minimum absolute atomic E-state index is 0.00972. The molecule has 1 saturated carbocycles. The molecule has 1 aliphatic carbocycles. The van der Waals surface area contributed by atoms with Crippen LogP contribution < -0.4 is 9.47 Å². The Bertz CT molecular complexity index is 1160. The van der Waals surface area contributed by atoms with Crippen LogP contribution in [0.15, 0.2) is 46.9 Å². The van der Waals surface area contributed by atoms with E-state index >= 15 is 0 Å². The summed E-state index contributed by atoms with van der Waals surface area (Å²) in [5, 5.41) is 0.883. The van der Waals surface area contributed by atoms with Crippen molar-refractivity contribution < 1.29 is 27.9 Å². The van der Waals surface area contributed by atoms with E-state index in [0.717, 1.165) is 43.2 Å². The van der Waals surface area contributed by atoms with Crippen molar-refractivity contribution >= 4 is 34.1 Å². The number of methoxy groups -OCH3 is 1. The number of furan rings is 1. The lowest BCUT2D eigenvalue weighted by Crippen LogP contribution is -2.21. The summed E-state index contributed by atoms with van der Waals surface area (Å²) in [7, 11) is 1.61. The number of carbonyl (C=O) groups is 2. The van der Waals surface area contributed by atoms with Crippen LogP contribution in [0, 0.1) is 17.7 Å². The summed E-state index contributed by atoms with van der Waals surface area (Å²) in [4.78, 5) is 24.9. The van der Waals surface area contributed by atoms with Crippen molar-refractivity contribution in [2.45, 2.75) is 44.9 Å². The lowest BCUT2D eigenvalue weighted by atomic mass is 9.78. The predicted molar refractivity (Wildman–Crippen MR) is 128 cm³/mol. The van der Waals surface area contributed by atoms with E-state index in [1.807, 2.05) is 18.2 Å². The predicted octanol–water partition coefficient (Wildman–Crippen LogP) is 7.04. The monoisotopic (exact) mass is 486 g/mol. The van der Waals surface area contributed by atoms with Crippen molar-refractivity contribution in [2.24, 2.45) is 11.8 Å². The molecule has 0 atom stereocenters. The molecular weight excluding hydrogens is 459 g/mol. The zero-order valence-corrected chi connectivity index (χ0v) is 19.9. The normalized spacial score (nSPS) is 18.1. The summed E-state index contributed by atoms with van der Waals surface area (Å²) >= 11 is 5.66. The first-order chi connectivity index (χ1) is 16.4. The highest BCUT2D eigenvalue weighted by atomic mass is 35.5. The molecule has 4 rings (SSSR count). The molecule has 1 aromatic heterocycles. The summed E-state index contributed by atoms with van der Waals surface area (Å²) in [5.41, 5.74) is 0.680. The molecule has 1 aliphatic rings. The van der Waals surface area contributed by atoms with E-state index < -0.39 is 5.82 Å². The van der Waals surface area contributed by atoms with Crippen molar-refractivity contribution in [3.8, 4) is 11.5 Å². The lowest BCUT2D eigenvalue weighted by Gasteiger charge is -2.28. The second-order valence-corrected chi connectivity index (χ2v) is 9.38. The van der Waals surface area contributed by atoms with E-state index in [2.05, 4.69) is 0 Å². The molecule has 1 fully saturated rings. The van der Waals surface area contributed by atoms with E-state index in [0.29, 0.717) is 41.8 Å². The third kappa shape index (κ3) is 6.17. The van der Waals surface area contributed by atoms with Crippen molar-refractivity contribution in [2.75, 3.05) is 13.7 Å². The van der Waals surface area contributed by atoms with E-state index in [-0.39, 0.29) is 23.2 Å². The third-order valence-electron chi connectivity index (χ3n) is 6.55. The van der Waals surface area contributed by atoms with Crippen molar-refractivity contribution in [1.82, 2.24) is 0 Å². The summed E-state index contributed by atoms with van der Waals surface area (Å²) in [5.74, 6) is 1.69. The van der Waals surface area contributed by atoms with Gasteiger partial charge in [0.25, 0.3) is 0 Å². The van der Waals surface area contributed by atoms with Crippen LogP contribution in [-0.4, -0.2) is 25.3 Å². The highest BCUT2D eigenvalue weighted by molar-refractivity contribution is 6.30. The number of ether oxygens (including phenoxy) is 2. The number of Topliss-reactive ketones (excluding diaryl/α,β-unsaturated/α-hetero) is 2. The van der Waals surface area contributed by atoms with Crippen molar-refractivity contribution in [3.05, 3.63) is 59.1 Å². The molecule has 0 spiro atoms.